The highest BCUT2D eigenvalue weighted by atomic mass is 19.1. The molecule has 0 unspecified atom stereocenters. The molecule has 2 fully saturated rings. The molecule has 0 atom stereocenters. The Morgan fingerprint density at radius 3 is 2.52 bits per heavy atom. The van der Waals surface area contributed by atoms with Crippen LogP contribution in [0.15, 0.2) is 36.7 Å². The van der Waals surface area contributed by atoms with Crippen LogP contribution in [0.4, 0.5) is 4.39 Å². The summed E-state index contributed by atoms with van der Waals surface area (Å²) < 4.78 is 15.7. The van der Waals surface area contributed by atoms with Crippen molar-refractivity contribution in [3.05, 3.63) is 53.6 Å². The molecule has 27 heavy (non-hydrogen) atoms. The molecule has 1 aromatic heterocycles. The van der Waals surface area contributed by atoms with Gasteiger partial charge in [0.05, 0.1) is 23.2 Å². The van der Waals surface area contributed by atoms with Crippen LogP contribution in [0.5, 0.6) is 0 Å². The molecule has 1 amide bonds. The van der Waals surface area contributed by atoms with Crippen LogP contribution in [0.3, 0.4) is 0 Å². The normalized spacial score (nSPS) is 19.1. The molecule has 2 heterocycles. The number of aromatic nitrogens is 2. The fourth-order valence-corrected chi connectivity index (χ4v) is 3.94. The van der Waals surface area contributed by atoms with E-state index in [9.17, 15) is 14.0 Å². The molecule has 4 rings (SSSR count). The summed E-state index contributed by atoms with van der Waals surface area (Å²) in [6, 6.07) is 6.77. The number of nitrogens with zero attached hydrogens (tertiary/aromatic N) is 3. The maximum absolute atomic E-state index is 14.0. The number of hydrogen-bond acceptors (Lipinski definition) is 3. The molecule has 0 bridgehead atoms. The first-order valence-corrected chi connectivity index (χ1v) is 9.29. The third-order valence-corrected chi connectivity index (χ3v) is 5.77. The zero-order valence-corrected chi connectivity index (χ0v) is 15.0. The summed E-state index contributed by atoms with van der Waals surface area (Å²) in [6.07, 6.45) is 6.45. The van der Waals surface area contributed by atoms with Crippen molar-refractivity contribution in [2.45, 2.75) is 38.1 Å². The van der Waals surface area contributed by atoms with Gasteiger partial charge in [-0.3, -0.25) is 9.48 Å². The first-order valence-electron chi connectivity index (χ1n) is 9.29. The second kappa shape index (κ2) is 6.79. The van der Waals surface area contributed by atoms with Crippen LogP contribution in [0.25, 0.3) is 0 Å². The molecule has 1 N–H and O–H groups in total. The Hall–Kier alpha value is -2.70. The lowest BCUT2D eigenvalue weighted by Gasteiger charge is -2.34. The molecule has 1 aliphatic carbocycles. The van der Waals surface area contributed by atoms with Gasteiger partial charge in [0.1, 0.15) is 5.82 Å². The van der Waals surface area contributed by atoms with E-state index in [1.54, 1.807) is 29.1 Å². The molecule has 2 aromatic rings. The van der Waals surface area contributed by atoms with Crippen molar-refractivity contribution in [2.75, 3.05) is 13.1 Å². The van der Waals surface area contributed by atoms with Crippen LogP contribution in [-0.2, 0) is 11.2 Å². The van der Waals surface area contributed by atoms with E-state index < -0.39 is 11.4 Å². The third kappa shape index (κ3) is 3.46. The number of halogens is 1. The Morgan fingerprint density at radius 2 is 1.93 bits per heavy atom. The smallest absolute Gasteiger partial charge is 0.338 e. The number of likely N-dealkylation sites (tertiary alicyclic amines) is 1. The topological polar surface area (TPSA) is 75.4 Å². The van der Waals surface area contributed by atoms with Crippen LogP contribution in [0, 0.1) is 11.2 Å². The van der Waals surface area contributed by atoms with Crippen molar-refractivity contribution < 1.29 is 19.1 Å². The van der Waals surface area contributed by atoms with E-state index in [0.717, 1.165) is 25.7 Å². The van der Waals surface area contributed by atoms with Gasteiger partial charge in [-0.05, 0) is 43.7 Å². The molecule has 1 saturated carbocycles. The summed E-state index contributed by atoms with van der Waals surface area (Å²) >= 11 is 0. The minimum Gasteiger partial charge on any atom is -0.478 e. The van der Waals surface area contributed by atoms with Gasteiger partial charge < -0.3 is 10.0 Å². The Kier molecular flexibility index (Phi) is 4.45. The summed E-state index contributed by atoms with van der Waals surface area (Å²) in [7, 11) is 0. The number of carboxylic acid groups (broad SMARTS) is 1. The Morgan fingerprint density at radius 1 is 1.22 bits per heavy atom. The van der Waals surface area contributed by atoms with Crippen molar-refractivity contribution in [1.82, 2.24) is 14.7 Å². The molecule has 142 valence electrons. The van der Waals surface area contributed by atoms with E-state index in [1.165, 1.54) is 12.3 Å². The molecule has 1 aliphatic heterocycles. The van der Waals surface area contributed by atoms with Crippen LogP contribution >= 0.6 is 0 Å². The molecule has 7 heteroatoms. The maximum atomic E-state index is 14.0. The third-order valence-electron chi connectivity index (χ3n) is 5.77. The minimum absolute atomic E-state index is 0.101. The van der Waals surface area contributed by atoms with Crippen molar-refractivity contribution in [2.24, 2.45) is 5.41 Å². The van der Waals surface area contributed by atoms with Gasteiger partial charge in [0, 0.05) is 19.3 Å². The monoisotopic (exact) mass is 371 g/mol. The number of amides is 1. The van der Waals surface area contributed by atoms with Gasteiger partial charge >= 0.3 is 5.97 Å². The lowest BCUT2D eigenvalue weighted by Crippen LogP contribution is -2.43. The molecule has 0 spiro atoms. The van der Waals surface area contributed by atoms with E-state index in [-0.39, 0.29) is 23.3 Å². The van der Waals surface area contributed by atoms with E-state index in [1.807, 2.05) is 4.90 Å². The number of carbonyl (C=O) groups excluding carboxylic acids is 1. The summed E-state index contributed by atoms with van der Waals surface area (Å²) in [5.74, 6) is -1.11. The maximum Gasteiger partial charge on any atom is 0.338 e. The summed E-state index contributed by atoms with van der Waals surface area (Å²) in [5, 5.41) is 13.2. The number of hydrogen-bond donors (Lipinski definition) is 1. The van der Waals surface area contributed by atoms with Crippen LogP contribution < -0.4 is 0 Å². The molecule has 2 aliphatic rings. The summed E-state index contributed by atoms with van der Waals surface area (Å²) in [5.41, 5.74) is 0.336. The predicted molar refractivity (Wildman–Crippen MR) is 95.8 cm³/mol. The van der Waals surface area contributed by atoms with Gasteiger partial charge in [-0.15, -0.1) is 0 Å². The average molecular weight is 371 g/mol. The fraction of sp³-hybridized carbons (Fsp3) is 0.450. The van der Waals surface area contributed by atoms with Crippen molar-refractivity contribution >= 4 is 11.9 Å². The van der Waals surface area contributed by atoms with E-state index >= 15 is 0 Å². The largest absolute Gasteiger partial charge is 0.478 e. The first kappa shape index (κ1) is 17.7. The average Bonchev–Trinajstić information content (AvgIpc) is 3.27. The highest BCUT2D eigenvalue weighted by Gasteiger charge is 2.52. The van der Waals surface area contributed by atoms with Gasteiger partial charge in [-0.1, -0.05) is 18.2 Å². The number of carboxylic acids is 1. The van der Waals surface area contributed by atoms with E-state index in [4.69, 9.17) is 5.11 Å². The Balaban J connectivity index is 1.38. The zero-order chi connectivity index (χ0) is 19.0. The quantitative estimate of drug-likeness (QED) is 0.877. The van der Waals surface area contributed by atoms with Crippen molar-refractivity contribution in [3.8, 4) is 0 Å². The molecule has 6 nitrogen and oxygen atoms in total. The Bertz CT molecular complexity index is 867. The standard InChI is InChI=1S/C20H22FN3O3/c21-17-4-2-1-3-14(17)11-20(7-8-20)19(27)23-9-5-16(6-10-23)24-13-15(12-22-24)18(25)26/h1-4,12-13,16H,5-11H2,(H,25,26). The number of aromatic carboxylic acids is 1. The van der Waals surface area contributed by atoms with Gasteiger partial charge in [-0.2, -0.15) is 5.10 Å². The van der Waals surface area contributed by atoms with Crippen LogP contribution in [0.2, 0.25) is 0 Å². The van der Waals surface area contributed by atoms with Crippen LogP contribution in [0.1, 0.15) is 47.6 Å². The highest BCUT2D eigenvalue weighted by molar-refractivity contribution is 5.87. The van der Waals surface area contributed by atoms with Crippen molar-refractivity contribution in [1.29, 1.82) is 0 Å². The molecule has 0 radical (unpaired) electrons. The fourth-order valence-electron chi connectivity index (χ4n) is 3.94. The lowest BCUT2D eigenvalue weighted by atomic mass is 9.93. The van der Waals surface area contributed by atoms with Gasteiger partial charge in [0.15, 0.2) is 0 Å². The second-order valence-electron chi connectivity index (χ2n) is 7.59. The molecule has 1 saturated heterocycles. The number of carbonyl (C=O) groups is 2. The number of rotatable bonds is 5. The molecular formula is C20H22FN3O3. The van der Waals surface area contributed by atoms with Gasteiger partial charge in [0.2, 0.25) is 5.91 Å². The van der Waals surface area contributed by atoms with Gasteiger partial charge in [0.25, 0.3) is 0 Å². The highest BCUT2D eigenvalue weighted by Crippen LogP contribution is 2.50. The van der Waals surface area contributed by atoms with Crippen LogP contribution in [-0.4, -0.2) is 44.8 Å². The zero-order valence-electron chi connectivity index (χ0n) is 15.0. The van der Waals surface area contributed by atoms with Crippen molar-refractivity contribution in [3.63, 3.8) is 0 Å². The number of benzene rings is 1. The summed E-state index contributed by atoms with van der Waals surface area (Å²) in [6.45, 7) is 1.23. The first-order chi connectivity index (χ1) is 13.0. The lowest BCUT2D eigenvalue weighted by molar-refractivity contribution is -0.138. The molecule has 1 aromatic carbocycles. The molecular weight excluding hydrogens is 349 g/mol. The summed E-state index contributed by atoms with van der Waals surface area (Å²) in [4.78, 5) is 25.9. The predicted octanol–water partition coefficient (Wildman–Crippen LogP) is 2.91. The SMILES string of the molecule is O=C(O)c1cnn(C2CCN(C(=O)C3(Cc4ccccc4F)CC3)CC2)c1. The second-order valence-corrected chi connectivity index (χ2v) is 7.59. The Labute approximate surface area is 156 Å². The van der Waals surface area contributed by atoms with E-state index in [0.29, 0.717) is 25.1 Å². The number of piperidine rings is 1. The minimum atomic E-state index is -0.988. The van der Waals surface area contributed by atoms with E-state index in [2.05, 4.69) is 5.10 Å². The van der Waals surface area contributed by atoms with Gasteiger partial charge in [-0.25, -0.2) is 9.18 Å².